The van der Waals surface area contributed by atoms with Gasteiger partial charge in [0.1, 0.15) is 12.4 Å². The van der Waals surface area contributed by atoms with Gasteiger partial charge in [0, 0.05) is 37.3 Å². The zero-order valence-electron chi connectivity index (χ0n) is 18.9. The summed E-state index contributed by atoms with van der Waals surface area (Å²) < 4.78 is 65.4. The highest BCUT2D eigenvalue weighted by Crippen LogP contribution is 2.42. The Hall–Kier alpha value is -3.15. The van der Waals surface area contributed by atoms with Crippen LogP contribution >= 0.6 is 0 Å². The van der Waals surface area contributed by atoms with Gasteiger partial charge >= 0.3 is 5.92 Å². The number of anilines is 3. The first-order valence-electron chi connectivity index (χ1n) is 11.5. The largest absolute Gasteiger partial charge is 0.465 e. The number of hydrogen-bond donors (Lipinski definition) is 1. The Balaban J connectivity index is 1.35. The van der Waals surface area contributed by atoms with E-state index in [9.17, 15) is 22.4 Å². The third-order valence-corrected chi connectivity index (χ3v) is 6.94. The molecule has 4 heterocycles. The smallest absolute Gasteiger partial charge is 0.309 e. The first-order valence-corrected chi connectivity index (χ1v) is 11.5. The fraction of sp³-hybridized carbons (Fsp3) is 0.522. The van der Waals surface area contributed by atoms with Crippen molar-refractivity contribution in [2.75, 3.05) is 41.8 Å². The third kappa shape index (κ3) is 4.46. The van der Waals surface area contributed by atoms with Crippen LogP contribution in [0.2, 0.25) is 0 Å². The molecule has 0 radical (unpaired) electrons. The summed E-state index contributed by atoms with van der Waals surface area (Å²) in [7, 11) is 0. The van der Waals surface area contributed by atoms with E-state index in [1.54, 1.807) is 4.90 Å². The Kier molecular flexibility index (Phi) is 5.94. The van der Waals surface area contributed by atoms with Gasteiger partial charge in [-0.3, -0.25) is 4.79 Å². The van der Waals surface area contributed by atoms with E-state index in [-0.39, 0.29) is 24.3 Å². The van der Waals surface area contributed by atoms with Crippen molar-refractivity contribution in [1.29, 1.82) is 0 Å². The second-order valence-electron chi connectivity index (χ2n) is 9.20. The summed E-state index contributed by atoms with van der Waals surface area (Å²) in [5.41, 5.74) is 5.61. The number of ether oxygens (including phenoxy) is 2. The van der Waals surface area contributed by atoms with E-state index in [0.29, 0.717) is 50.3 Å². The second kappa shape index (κ2) is 8.81. The average Bonchev–Trinajstić information content (AvgIpc) is 3.14. The lowest BCUT2D eigenvalue weighted by molar-refractivity contribution is -0.121. The number of amides is 1. The number of nitrogen functional groups attached to an aromatic ring is 1. The van der Waals surface area contributed by atoms with Gasteiger partial charge in [-0.05, 0) is 37.8 Å². The molecule has 1 aromatic carbocycles. The van der Waals surface area contributed by atoms with E-state index in [2.05, 4.69) is 9.97 Å². The molecule has 1 atom stereocenters. The molecule has 2 N–H and O–H groups in total. The van der Waals surface area contributed by atoms with E-state index in [1.165, 1.54) is 12.1 Å². The van der Waals surface area contributed by atoms with Gasteiger partial charge in [0.15, 0.2) is 17.7 Å². The van der Waals surface area contributed by atoms with Crippen LogP contribution in [0.3, 0.4) is 0 Å². The van der Waals surface area contributed by atoms with Gasteiger partial charge in [-0.15, -0.1) is 0 Å². The predicted octanol–water partition coefficient (Wildman–Crippen LogP) is 3.31. The zero-order valence-corrected chi connectivity index (χ0v) is 18.9. The first kappa shape index (κ1) is 23.6. The predicted molar refractivity (Wildman–Crippen MR) is 118 cm³/mol. The minimum Gasteiger partial charge on any atom is -0.465 e. The molecule has 0 bridgehead atoms. The number of nitrogens with two attached hydrogens (primary N) is 1. The minimum absolute atomic E-state index is 0.0702. The molecule has 3 aliphatic rings. The van der Waals surface area contributed by atoms with E-state index in [1.807, 2.05) is 4.90 Å². The first-order chi connectivity index (χ1) is 16.7. The standard InChI is InChI=1S/C23H25F4N5O3/c24-15-4-3-14(10-16(15)25)32-20(33)2-1-5-22(32)6-8-31(9-7-22)18-11-19(30-21(28)29-18)35-17-12-34-13-23(17,26)27/h3-4,10-11,17H,1-2,5-9,12-13H2,(H2,28,29,30)/t17-/m1/s1. The Morgan fingerprint density at radius 1 is 1.09 bits per heavy atom. The van der Waals surface area contributed by atoms with Crippen molar-refractivity contribution < 1.29 is 31.8 Å². The molecule has 0 aliphatic carbocycles. The van der Waals surface area contributed by atoms with Crippen LogP contribution in [0, 0.1) is 11.6 Å². The lowest BCUT2D eigenvalue weighted by Gasteiger charge is -2.51. The quantitative estimate of drug-likeness (QED) is 0.651. The van der Waals surface area contributed by atoms with Gasteiger partial charge in [-0.25, -0.2) is 8.78 Å². The average molecular weight is 495 g/mol. The fourth-order valence-electron chi connectivity index (χ4n) is 5.16. The second-order valence-corrected chi connectivity index (χ2v) is 9.20. The van der Waals surface area contributed by atoms with Crippen LogP contribution in [-0.2, 0) is 9.53 Å². The highest BCUT2D eigenvalue weighted by molar-refractivity contribution is 5.95. The summed E-state index contributed by atoms with van der Waals surface area (Å²) in [5, 5.41) is 0. The highest BCUT2D eigenvalue weighted by Gasteiger charge is 2.48. The van der Waals surface area contributed by atoms with Crippen molar-refractivity contribution in [1.82, 2.24) is 9.97 Å². The number of halogens is 4. The number of carbonyl (C=O) groups is 1. The molecule has 1 aromatic heterocycles. The van der Waals surface area contributed by atoms with Crippen molar-refractivity contribution in [3.8, 4) is 5.88 Å². The van der Waals surface area contributed by atoms with Crippen LogP contribution in [0.25, 0.3) is 0 Å². The highest BCUT2D eigenvalue weighted by atomic mass is 19.3. The number of benzene rings is 1. The van der Waals surface area contributed by atoms with Crippen molar-refractivity contribution in [3.05, 3.63) is 35.9 Å². The lowest BCUT2D eigenvalue weighted by atomic mass is 9.78. The summed E-state index contributed by atoms with van der Waals surface area (Å²) in [6.45, 7) is -0.0170. The number of piperidine rings is 2. The molecule has 1 spiro atoms. The van der Waals surface area contributed by atoms with Gasteiger partial charge in [-0.2, -0.15) is 18.7 Å². The Morgan fingerprint density at radius 3 is 2.54 bits per heavy atom. The maximum atomic E-state index is 14.0. The maximum Gasteiger partial charge on any atom is 0.309 e. The van der Waals surface area contributed by atoms with Crippen LogP contribution in [0.1, 0.15) is 32.1 Å². The number of aromatic nitrogens is 2. The number of hydrogen-bond acceptors (Lipinski definition) is 7. The topological polar surface area (TPSA) is 93.8 Å². The zero-order chi connectivity index (χ0) is 24.8. The fourth-order valence-corrected chi connectivity index (χ4v) is 5.16. The summed E-state index contributed by atoms with van der Waals surface area (Å²) in [6, 6.07) is 4.97. The summed E-state index contributed by atoms with van der Waals surface area (Å²) in [4.78, 5) is 24.6. The lowest BCUT2D eigenvalue weighted by Crippen LogP contribution is -2.60. The van der Waals surface area contributed by atoms with Crippen LogP contribution in [0.4, 0.5) is 35.0 Å². The molecule has 3 saturated heterocycles. The number of carbonyl (C=O) groups excluding carboxylic acids is 1. The summed E-state index contributed by atoms with van der Waals surface area (Å²) >= 11 is 0. The van der Waals surface area contributed by atoms with E-state index in [4.69, 9.17) is 15.2 Å². The molecule has 1 amide bonds. The molecular formula is C23H25F4N5O3. The Labute approximate surface area is 199 Å². The van der Waals surface area contributed by atoms with Crippen LogP contribution in [0.15, 0.2) is 24.3 Å². The normalized spacial score (nSPS) is 23.7. The Bertz CT molecular complexity index is 1130. The SMILES string of the molecule is Nc1nc(O[C@@H]2COCC2(F)F)cc(N2CCC3(CCCC(=O)N3c3ccc(F)c(F)c3)CC2)n1. The molecule has 188 valence electrons. The molecule has 2 aromatic rings. The molecule has 12 heteroatoms. The minimum atomic E-state index is -3.13. The van der Waals surface area contributed by atoms with Crippen molar-refractivity contribution in [3.63, 3.8) is 0 Å². The molecule has 0 unspecified atom stereocenters. The van der Waals surface area contributed by atoms with E-state index < -0.39 is 35.8 Å². The van der Waals surface area contributed by atoms with Crippen molar-refractivity contribution >= 4 is 23.4 Å². The van der Waals surface area contributed by atoms with Crippen molar-refractivity contribution in [2.45, 2.75) is 49.7 Å². The van der Waals surface area contributed by atoms with Crippen LogP contribution in [-0.4, -0.2) is 59.7 Å². The van der Waals surface area contributed by atoms with Gasteiger partial charge in [0.05, 0.1) is 12.1 Å². The summed E-state index contributed by atoms with van der Waals surface area (Å²) in [6.07, 6.45) is 1.40. The molecule has 0 saturated carbocycles. The number of rotatable bonds is 4. The number of nitrogens with zero attached hydrogens (tertiary/aromatic N) is 4. The van der Waals surface area contributed by atoms with Gasteiger partial charge in [-0.1, -0.05) is 0 Å². The van der Waals surface area contributed by atoms with Gasteiger partial charge in [0.2, 0.25) is 17.7 Å². The van der Waals surface area contributed by atoms with Gasteiger partial charge in [0.25, 0.3) is 0 Å². The molecule has 3 aliphatic heterocycles. The van der Waals surface area contributed by atoms with Gasteiger partial charge < -0.3 is 25.0 Å². The Morgan fingerprint density at radius 2 is 1.86 bits per heavy atom. The molecule has 35 heavy (non-hydrogen) atoms. The number of alkyl halides is 2. The molecule has 8 nitrogen and oxygen atoms in total. The monoisotopic (exact) mass is 495 g/mol. The molecule has 5 rings (SSSR count). The van der Waals surface area contributed by atoms with E-state index >= 15 is 0 Å². The maximum absolute atomic E-state index is 14.0. The molecular weight excluding hydrogens is 470 g/mol. The molecule has 3 fully saturated rings. The van der Waals surface area contributed by atoms with Crippen LogP contribution in [0.5, 0.6) is 5.88 Å². The third-order valence-electron chi connectivity index (χ3n) is 6.94. The van der Waals surface area contributed by atoms with Crippen molar-refractivity contribution in [2.24, 2.45) is 0 Å². The van der Waals surface area contributed by atoms with Crippen LogP contribution < -0.4 is 20.3 Å². The van der Waals surface area contributed by atoms with E-state index in [0.717, 1.165) is 18.6 Å². The summed E-state index contributed by atoms with van der Waals surface area (Å²) in [5.74, 6) is -4.99.